The van der Waals surface area contributed by atoms with Crippen molar-refractivity contribution in [1.29, 1.82) is 0 Å². The Kier molecular flexibility index (Phi) is 4.63. The predicted molar refractivity (Wildman–Crippen MR) is 75.0 cm³/mol. The van der Waals surface area contributed by atoms with Crippen LogP contribution in [-0.2, 0) is 0 Å². The van der Waals surface area contributed by atoms with E-state index in [1.807, 2.05) is 0 Å². The maximum absolute atomic E-state index is 12.5. The van der Waals surface area contributed by atoms with Gasteiger partial charge in [0.1, 0.15) is 0 Å². The van der Waals surface area contributed by atoms with E-state index >= 15 is 0 Å². The van der Waals surface area contributed by atoms with Gasteiger partial charge in [0, 0.05) is 24.7 Å². The Morgan fingerprint density at radius 2 is 2.37 bits per heavy atom. The summed E-state index contributed by atoms with van der Waals surface area (Å²) in [4.78, 5) is 14.2. The molecule has 1 aromatic carbocycles. The summed E-state index contributed by atoms with van der Waals surface area (Å²) in [7, 11) is 0. The molecule has 19 heavy (non-hydrogen) atoms. The third-order valence-corrected chi connectivity index (χ3v) is 3.67. The minimum atomic E-state index is -0.103. The summed E-state index contributed by atoms with van der Waals surface area (Å²) >= 11 is 5.93. The lowest BCUT2D eigenvalue weighted by atomic mass is 9.98. The zero-order valence-corrected chi connectivity index (χ0v) is 11.4. The number of carbonyl (C=O) groups excluding carboxylic acids is 1. The van der Waals surface area contributed by atoms with Crippen molar-refractivity contribution in [3.63, 3.8) is 0 Å². The molecule has 0 spiro atoms. The van der Waals surface area contributed by atoms with E-state index in [0.29, 0.717) is 29.4 Å². The van der Waals surface area contributed by atoms with Crippen molar-refractivity contribution in [3.05, 3.63) is 28.8 Å². The van der Waals surface area contributed by atoms with Gasteiger partial charge in [-0.2, -0.15) is 0 Å². The summed E-state index contributed by atoms with van der Waals surface area (Å²) in [6, 6.07) is 4.98. The molecular weight excluding hydrogens is 266 g/mol. The van der Waals surface area contributed by atoms with Crippen LogP contribution in [0, 0.1) is 5.92 Å². The second kappa shape index (κ2) is 6.23. The van der Waals surface area contributed by atoms with Crippen LogP contribution in [-0.4, -0.2) is 35.6 Å². The highest BCUT2D eigenvalue weighted by Crippen LogP contribution is 2.24. The van der Waals surface area contributed by atoms with E-state index in [1.165, 1.54) is 0 Å². The van der Waals surface area contributed by atoms with Gasteiger partial charge in [0.2, 0.25) is 0 Å². The van der Waals surface area contributed by atoms with Gasteiger partial charge < -0.3 is 15.4 Å². The van der Waals surface area contributed by atoms with E-state index in [0.717, 1.165) is 12.8 Å². The monoisotopic (exact) mass is 283 g/mol. The lowest BCUT2D eigenvalue weighted by molar-refractivity contribution is 0.0621. The molecule has 6 heteroatoms. The number of nitrogens with two attached hydrogens (primary N) is 1. The molecule has 104 valence electrons. The molecule has 1 amide bonds. The molecule has 0 bridgehead atoms. The number of hydrazine groups is 1. The molecule has 4 N–H and O–H groups in total. The predicted octanol–water partition coefficient (Wildman–Crippen LogP) is 1.47. The van der Waals surface area contributed by atoms with Crippen molar-refractivity contribution >= 4 is 23.2 Å². The molecule has 0 radical (unpaired) electrons. The highest BCUT2D eigenvalue weighted by molar-refractivity contribution is 6.31. The topological polar surface area (TPSA) is 78.6 Å². The minimum absolute atomic E-state index is 0.103. The normalized spacial score (nSPS) is 19.3. The second-order valence-electron chi connectivity index (χ2n) is 4.78. The van der Waals surface area contributed by atoms with Gasteiger partial charge in [-0.25, -0.2) is 0 Å². The SMILES string of the molecule is NNc1ccc(Cl)cc1C(=O)N1CCCC(CO)C1. The fourth-order valence-electron chi connectivity index (χ4n) is 2.39. The number of nitrogen functional groups attached to an aromatic ring is 1. The first-order chi connectivity index (χ1) is 9.15. The zero-order valence-electron chi connectivity index (χ0n) is 10.6. The highest BCUT2D eigenvalue weighted by atomic mass is 35.5. The molecule has 2 rings (SSSR count). The lowest BCUT2D eigenvalue weighted by Crippen LogP contribution is -2.41. The number of carbonyl (C=O) groups is 1. The average molecular weight is 284 g/mol. The van der Waals surface area contributed by atoms with Crippen molar-refractivity contribution in [2.24, 2.45) is 11.8 Å². The lowest BCUT2D eigenvalue weighted by Gasteiger charge is -2.32. The summed E-state index contributed by atoms with van der Waals surface area (Å²) in [5.41, 5.74) is 3.53. The molecule has 5 nitrogen and oxygen atoms in total. The van der Waals surface area contributed by atoms with Gasteiger partial charge in [-0.05, 0) is 37.0 Å². The highest BCUT2D eigenvalue weighted by Gasteiger charge is 2.25. The number of rotatable bonds is 3. The Balaban J connectivity index is 2.21. The first kappa shape index (κ1) is 14.1. The van der Waals surface area contributed by atoms with Crippen molar-refractivity contribution in [2.45, 2.75) is 12.8 Å². The third kappa shape index (κ3) is 3.18. The maximum atomic E-state index is 12.5. The molecule has 1 fully saturated rings. The van der Waals surface area contributed by atoms with Crippen LogP contribution in [0.2, 0.25) is 5.02 Å². The standard InChI is InChI=1S/C13H18ClN3O2/c14-10-3-4-12(16-15)11(6-10)13(19)17-5-1-2-9(7-17)8-18/h3-4,6,9,16,18H,1-2,5,7-8,15H2. The van der Waals surface area contributed by atoms with Crippen LogP contribution in [0.3, 0.4) is 0 Å². The van der Waals surface area contributed by atoms with Crippen LogP contribution in [0.5, 0.6) is 0 Å². The molecular formula is C13H18ClN3O2. The number of piperidine rings is 1. The fourth-order valence-corrected chi connectivity index (χ4v) is 2.56. The number of nitrogens with one attached hydrogen (secondary N) is 1. The second-order valence-corrected chi connectivity index (χ2v) is 5.21. The summed E-state index contributed by atoms with van der Waals surface area (Å²) in [6.45, 7) is 1.39. The number of hydrogen-bond acceptors (Lipinski definition) is 4. The molecule has 0 aliphatic carbocycles. The van der Waals surface area contributed by atoms with Crippen LogP contribution in [0.15, 0.2) is 18.2 Å². The fraction of sp³-hybridized carbons (Fsp3) is 0.462. The van der Waals surface area contributed by atoms with E-state index in [4.69, 9.17) is 17.4 Å². The first-order valence-electron chi connectivity index (χ1n) is 6.32. The van der Waals surface area contributed by atoms with Gasteiger partial charge in [0.05, 0.1) is 11.3 Å². The largest absolute Gasteiger partial charge is 0.396 e. The molecule has 1 aromatic rings. The number of benzene rings is 1. The first-order valence-corrected chi connectivity index (χ1v) is 6.69. The summed E-state index contributed by atoms with van der Waals surface area (Å²) < 4.78 is 0. The number of halogens is 1. The number of aliphatic hydroxyl groups is 1. The van der Waals surface area contributed by atoms with Crippen molar-refractivity contribution in [3.8, 4) is 0 Å². The maximum Gasteiger partial charge on any atom is 0.256 e. The van der Waals surface area contributed by atoms with Gasteiger partial charge in [-0.1, -0.05) is 11.6 Å². The van der Waals surface area contributed by atoms with Crippen molar-refractivity contribution < 1.29 is 9.90 Å². The van der Waals surface area contributed by atoms with Gasteiger partial charge in [-0.15, -0.1) is 0 Å². The smallest absolute Gasteiger partial charge is 0.256 e. The molecule has 1 unspecified atom stereocenters. The Morgan fingerprint density at radius 3 is 3.05 bits per heavy atom. The summed E-state index contributed by atoms with van der Waals surface area (Å²) in [5.74, 6) is 5.47. The van der Waals surface area contributed by atoms with E-state index in [9.17, 15) is 9.90 Å². The quantitative estimate of drug-likeness (QED) is 0.580. The summed E-state index contributed by atoms with van der Waals surface area (Å²) in [5, 5.41) is 9.71. The van der Waals surface area contributed by atoms with E-state index in [-0.39, 0.29) is 18.4 Å². The van der Waals surface area contributed by atoms with Crippen LogP contribution in [0.4, 0.5) is 5.69 Å². The minimum Gasteiger partial charge on any atom is -0.396 e. The van der Waals surface area contributed by atoms with Crippen LogP contribution >= 0.6 is 11.6 Å². The Labute approximate surface area is 117 Å². The molecule has 1 heterocycles. The number of anilines is 1. The molecule has 1 aliphatic heterocycles. The van der Waals surface area contributed by atoms with Crippen molar-refractivity contribution in [2.75, 3.05) is 25.1 Å². The molecule has 1 aliphatic rings. The van der Waals surface area contributed by atoms with Gasteiger partial charge in [-0.3, -0.25) is 10.6 Å². The Morgan fingerprint density at radius 1 is 1.58 bits per heavy atom. The van der Waals surface area contributed by atoms with Gasteiger partial charge in [0.25, 0.3) is 5.91 Å². The zero-order chi connectivity index (χ0) is 13.8. The molecule has 1 atom stereocenters. The van der Waals surface area contributed by atoms with Crippen molar-refractivity contribution in [1.82, 2.24) is 4.90 Å². The number of amides is 1. The number of nitrogens with zero attached hydrogens (tertiary/aromatic N) is 1. The van der Waals surface area contributed by atoms with E-state index in [1.54, 1.807) is 23.1 Å². The van der Waals surface area contributed by atoms with Crippen LogP contribution in [0.1, 0.15) is 23.2 Å². The van der Waals surface area contributed by atoms with Gasteiger partial charge >= 0.3 is 0 Å². The van der Waals surface area contributed by atoms with Crippen LogP contribution in [0.25, 0.3) is 0 Å². The Hall–Kier alpha value is -1.30. The average Bonchev–Trinajstić information content (AvgIpc) is 2.46. The number of hydrogen-bond donors (Lipinski definition) is 3. The molecule has 1 saturated heterocycles. The van der Waals surface area contributed by atoms with E-state index < -0.39 is 0 Å². The summed E-state index contributed by atoms with van der Waals surface area (Å²) in [6.07, 6.45) is 1.86. The Bertz CT molecular complexity index is 467. The van der Waals surface area contributed by atoms with Gasteiger partial charge in [0.15, 0.2) is 0 Å². The third-order valence-electron chi connectivity index (χ3n) is 3.43. The molecule has 0 aromatic heterocycles. The van der Waals surface area contributed by atoms with Crippen LogP contribution < -0.4 is 11.3 Å². The number of aliphatic hydroxyl groups excluding tert-OH is 1. The van der Waals surface area contributed by atoms with E-state index in [2.05, 4.69) is 5.43 Å². The molecule has 0 saturated carbocycles. The number of likely N-dealkylation sites (tertiary alicyclic amines) is 1.